The van der Waals surface area contributed by atoms with E-state index >= 15 is 0 Å². The average Bonchev–Trinajstić information content (AvgIpc) is 2.86. The summed E-state index contributed by atoms with van der Waals surface area (Å²) in [4.78, 5) is 35.2. The molecule has 1 aliphatic rings. The van der Waals surface area contributed by atoms with Crippen LogP contribution in [0.4, 0.5) is 0 Å². The number of aromatic amines is 1. The second-order valence-corrected chi connectivity index (χ2v) is 10.6. The van der Waals surface area contributed by atoms with Gasteiger partial charge in [-0.2, -0.15) is 4.31 Å². The predicted octanol–water partition coefficient (Wildman–Crippen LogP) is 2.45. The summed E-state index contributed by atoms with van der Waals surface area (Å²) in [5.41, 5.74) is 1.20. The van der Waals surface area contributed by atoms with Crippen LogP contribution in [-0.4, -0.2) is 66.3 Å². The van der Waals surface area contributed by atoms with Gasteiger partial charge in [0.05, 0.1) is 29.0 Å². The van der Waals surface area contributed by atoms with Crippen molar-refractivity contribution in [3.05, 3.63) is 70.3 Å². The van der Waals surface area contributed by atoms with Crippen LogP contribution in [0.5, 0.6) is 0 Å². The van der Waals surface area contributed by atoms with Gasteiger partial charge in [0.25, 0.3) is 5.56 Å². The van der Waals surface area contributed by atoms with Crippen LogP contribution in [-0.2, 0) is 26.1 Å². The minimum Gasteiger partial charge on any atom is -0.383 e. The average molecular weight is 499 g/mol. The van der Waals surface area contributed by atoms with Crippen LogP contribution in [0.3, 0.4) is 0 Å². The number of carbonyl (C=O) groups is 1. The molecule has 0 radical (unpaired) electrons. The third kappa shape index (κ3) is 5.44. The van der Waals surface area contributed by atoms with Gasteiger partial charge >= 0.3 is 0 Å². The third-order valence-corrected chi connectivity index (χ3v) is 8.17. The molecule has 1 atom stereocenters. The molecule has 0 aliphatic carbocycles. The minimum atomic E-state index is -3.85. The summed E-state index contributed by atoms with van der Waals surface area (Å²) in [7, 11) is -2.32. The quantitative estimate of drug-likeness (QED) is 0.511. The highest BCUT2D eigenvalue weighted by Gasteiger charge is 2.39. The summed E-state index contributed by atoms with van der Waals surface area (Å²) in [5.74, 6) is 0.00940. The first kappa shape index (κ1) is 25.0. The monoisotopic (exact) mass is 498 g/mol. The largest absolute Gasteiger partial charge is 0.383 e. The van der Waals surface area contributed by atoms with E-state index in [2.05, 4.69) is 9.97 Å². The van der Waals surface area contributed by atoms with Gasteiger partial charge in [-0.05, 0) is 44.0 Å². The van der Waals surface area contributed by atoms with Crippen LogP contribution in [0.1, 0.15) is 30.7 Å². The lowest BCUT2D eigenvalue weighted by Gasteiger charge is -2.36. The fourth-order valence-corrected chi connectivity index (χ4v) is 6.01. The summed E-state index contributed by atoms with van der Waals surface area (Å²) in [6.45, 7) is 2.71. The Balaban J connectivity index is 1.64. The van der Waals surface area contributed by atoms with E-state index in [0.717, 1.165) is 12.0 Å². The summed E-state index contributed by atoms with van der Waals surface area (Å²) < 4.78 is 33.5. The maximum absolute atomic E-state index is 13.7. The van der Waals surface area contributed by atoms with E-state index in [1.807, 2.05) is 6.92 Å². The number of aromatic nitrogens is 2. The van der Waals surface area contributed by atoms with Gasteiger partial charge in [0.2, 0.25) is 15.9 Å². The summed E-state index contributed by atoms with van der Waals surface area (Å²) >= 11 is 0. The number of hydrogen-bond donors (Lipinski definition) is 1. The number of aryl methyl sites for hydroxylation is 1. The number of sulfonamides is 1. The van der Waals surface area contributed by atoms with E-state index < -0.39 is 16.1 Å². The number of methoxy groups -OCH3 is 1. The van der Waals surface area contributed by atoms with E-state index in [1.54, 1.807) is 48.5 Å². The van der Waals surface area contributed by atoms with Crippen LogP contribution in [0.25, 0.3) is 10.9 Å². The number of rotatable bonds is 8. The van der Waals surface area contributed by atoms with Crippen molar-refractivity contribution in [3.8, 4) is 0 Å². The molecule has 186 valence electrons. The minimum absolute atomic E-state index is 0.0389. The fourth-order valence-electron chi connectivity index (χ4n) is 4.36. The molecule has 0 unspecified atom stereocenters. The van der Waals surface area contributed by atoms with Crippen molar-refractivity contribution in [2.75, 3.05) is 26.8 Å². The number of piperidine rings is 1. The second-order valence-electron chi connectivity index (χ2n) is 8.72. The van der Waals surface area contributed by atoms with Gasteiger partial charge in [-0.25, -0.2) is 13.4 Å². The number of para-hydroxylation sites is 1. The highest BCUT2D eigenvalue weighted by atomic mass is 32.2. The van der Waals surface area contributed by atoms with Gasteiger partial charge < -0.3 is 14.6 Å². The molecule has 0 bridgehead atoms. The first-order valence-corrected chi connectivity index (χ1v) is 13.1. The molecule has 9 nitrogen and oxygen atoms in total. The molecule has 4 rings (SSSR count). The van der Waals surface area contributed by atoms with Gasteiger partial charge in [0.1, 0.15) is 11.9 Å². The van der Waals surface area contributed by atoms with Crippen molar-refractivity contribution in [2.24, 2.45) is 0 Å². The topological polar surface area (TPSA) is 113 Å². The number of hydrogen-bond acceptors (Lipinski definition) is 6. The number of benzene rings is 2. The maximum Gasteiger partial charge on any atom is 0.258 e. The van der Waals surface area contributed by atoms with E-state index in [-0.39, 0.29) is 42.6 Å². The van der Waals surface area contributed by atoms with Crippen molar-refractivity contribution in [1.82, 2.24) is 19.2 Å². The highest BCUT2D eigenvalue weighted by Crippen LogP contribution is 2.27. The molecular weight excluding hydrogens is 468 g/mol. The van der Waals surface area contributed by atoms with E-state index in [1.165, 1.54) is 16.3 Å². The fraction of sp³-hybridized carbons (Fsp3) is 0.400. The molecule has 35 heavy (non-hydrogen) atoms. The third-order valence-electron chi connectivity index (χ3n) is 6.25. The number of nitrogens with zero attached hydrogens (tertiary/aromatic N) is 3. The Bertz CT molecular complexity index is 1350. The molecular formula is C25H30N4O5S. The number of carbonyl (C=O) groups excluding carboxylic acids is 1. The maximum atomic E-state index is 13.7. The van der Waals surface area contributed by atoms with Crippen molar-refractivity contribution < 1.29 is 17.9 Å². The smallest absolute Gasteiger partial charge is 0.258 e. The van der Waals surface area contributed by atoms with Crippen molar-refractivity contribution in [1.29, 1.82) is 0 Å². The Hall–Kier alpha value is -3.08. The van der Waals surface area contributed by atoms with Crippen molar-refractivity contribution in [2.45, 2.75) is 43.7 Å². The van der Waals surface area contributed by atoms with Gasteiger partial charge in [0, 0.05) is 20.2 Å². The zero-order chi connectivity index (χ0) is 25.0. The Kier molecular flexibility index (Phi) is 7.63. The number of fused-ring (bicyclic) bond motifs is 1. The number of nitrogens with one attached hydrogen (secondary N) is 1. The van der Waals surface area contributed by atoms with Gasteiger partial charge in [0.15, 0.2) is 0 Å². The summed E-state index contributed by atoms with van der Waals surface area (Å²) in [6.07, 6.45) is 1.86. The van der Waals surface area contributed by atoms with Crippen LogP contribution in [0.15, 0.2) is 58.2 Å². The molecule has 1 fully saturated rings. The summed E-state index contributed by atoms with van der Waals surface area (Å²) in [6, 6.07) is 12.8. The molecule has 1 aromatic heterocycles. The lowest BCUT2D eigenvalue weighted by molar-refractivity contribution is -0.137. The molecule has 10 heteroatoms. The molecule has 2 aromatic carbocycles. The van der Waals surface area contributed by atoms with Crippen LogP contribution in [0.2, 0.25) is 0 Å². The Morgan fingerprint density at radius 3 is 2.66 bits per heavy atom. The van der Waals surface area contributed by atoms with Crippen LogP contribution < -0.4 is 5.56 Å². The zero-order valence-electron chi connectivity index (χ0n) is 19.9. The van der Waals surface area contributed by atoms with Crippen molar-refractivity contribution >= 4 is 26.8 Å². The predicted molar refractivity (Wildman–Crippen MR) is 132 cm³/mol. The first-order valence-electron chi connectivity index (χ1n) is 11.7. The Morgan fingerprint density at radius 2 is 1.91 bits per heavy atom. The Morgan fingerprint density at radius 1 is 1.17 bits per heavy atom. The lowest BCUT2D eigenvalue weighted by atomic mass is 10.0. The Labute approximate surface area is 204 Å². The molecule has 1 aliphatic heterocycles. The first-order chi connectivity index (χ1) is 16.8. The molecule has 0 spiro atoms. The molecule has 1 saturated heterocycles. The molecule has 3 aromatic rings. The van der Waals surface area contributed by atoms with Gasteiger partial charge in [-0.3, -0.25) is 9.59 Å². The number of H-pyrrole nitrogens is 1. The SMILES string of the molecule is COCCN(Cc1nc2ccccc2c(=O)[nH]1)C(=O)[C@@H]1CCCCN1S(=O)(=O)c1ccc(C)cc1. The molecule has 2 heterocycles. The number of ether oxygens (including phenoxy) is 1. The molecule has 1 N–H and O–H groups in total. The van der Waals surface area contributed by atoms with Crippen LogP contribution in [0, 0.1) is 6.92 Å². The molecule has 0 saturated carbocycles. The van der Waals surface area contributed by atoms with E-state index in [4.69, 9.17) is 4.74 Å². The second kappa shape index (κ2) is 10.7. The van der Waals surface area contributed by atoms with Crippen LogP contribution >= 0.6 is 0 Å². The lowest BCUT2D eigenvalue weighted by Crippen LogP contribution is -2.53. The van der Waals surface area contributed by atoms with Gasteiger partial charge in [-0.15, -0.1) is 0 Å². The van der Waals surface area contributed by atoms with Gasteiger partial charge in [-0.1, -0.05) is 36.2 Å². The standard InChI is InChI=1S/C25H30N4O5S/c1-18-10-12-19(13-11-18)35(32,33)29-14-6-5-9-22(29)25(31)28(15-16-34-2)17-23-26-21-8-4-3-7-20(21)24(30)27-23/h3-4,7-8,10-13,22H,5-6,9,14-17H2,1-2H3,(H,26,27,30)/t22-/m0/s1. The van der Waals surface area contributed by atoms with E-state index in [0.29, 0.717) is 29.6 Å². The molecule has 1 amide bonds. The highest BCUT2D eigenvalue weighted by molar-refractivity contribution is 7.89. The van der Waals surface area contributed by atoms with Crippen molar-refractivity contribution in [3.63, 3.8) is 0 Å². The summed E-state index contributed by atoms with van der Waals surface area (Å²) in [5, 5.41) is 0.466. The number of amides is 1. The van der Waals surface area contributed by atoms with E-state index in [9.17, 15) is 18.0 Å². The zero-order valence-corrected chi connectivity index (χ0v) is 20.8. The normalized spacial score (nSPS) is 16.9.